The van der Waals surface area contributed by atoms with Gasteiger partial charge in [0.2, 0.25) is 0 Å². The van der Waals surface area contributed by atoms with Crippen LogP contribution in [-0.4, -0.2) is 21.8 Å². The standard InChI is InChI=1S/C13H19ClN4S/c1-5-6-18-12(10(14)7-16-18)11(15-4)13-8(2)17-9(3)19-13/h7,11,15H,5-6H2,1-4H3. The third-order valence-electron chi connectivity index (χ3n) is 3.03. The van der Waals surface area contributed by atoms with Crippen LogP contribution < -0.4 is 5.32 Å². The summed E-state index contributed by atoms with van der Waals surface area (Å²) in [6.45, 7) is 7.07. The maximum absolute atomic E-state index is 6.32. The molecule has 0 amide bonds. The number of halogens is 1. The third-order valence-corrected chi connectivity index (χ3v) is 4.46. The van der Waals surface area contributed by atoms with Crippen LogP contribution in [-0.2, 0) is 6.54 Å². The van der Waals surface area contributed by atoms with Crippen molar-refractivity contribution in [2.24, 2.45) is 0 Å². The van der Waals surface area contributed by atoms with Crippen molar-refractivity contribution in [2.75, 3.05) is 7.05 Å². The van der Waals surface area contributed by atoms with Gasteiger partial charge in [-0.05, 0) is 27.3 Å². The van der Waals surface area contributed by atoms with E-state index in [-0.39, 0.29) is 6.04 Å². The lowest BCUT2D eigenvalue weighted by Crippen LogP contribution is -2.22. The van der Waals surface area contributed by atoms with E-state index in [9.17, 15) is 0 Å². The fourth-order valence-corrected chi connectivity index (χ4v) is 3.55. The maximum atomic E-state index is 6.32. The normalized spacial score (nSPS) is 12.9. The van der Waals surface area contributed by atoms with E-state index in [1.54, 1.807) is 17.5 Å². The molecule has 1 atom stereocenters. The van der Waals surface area contributed by atoms with Crippen molar-refractivity contribution in [2.45, 2.75) is 39.8 Å². The molecule has 0 saturated carbocycles. The second-order valence-electron chi connectivity index (χ2n) is 4.51. The quantitative estimate of drug-likeness (QED) is 0.921. The number of rotatable bonds is 5. The topological polar surface area (TPSA) is 42.7 Å². The number of hydrogen-bond acceptors (Lipinski definition) is 4. The van der Waals surface area contributed by atoms with Crippen LogP contribution in [0.1, 0.15) is 40.7 Å². The van der Waals surface area contributed by atoms with Crippen LogP contribution in [0.2, 0.25) is 5.02 Å². The Kier molecular flexibility index (Phi) is 4.60. The predicted molar refractivity (Wildman–Crippen MR) is 80.0 cm³/mol. The summed E-state index contributed by atoms with van der Waals surface area (Å²) in [7, 11) is 1.94. The first-order valence-corrected chi connectivity index (χ1v) is 7.60. The smallest absolute Gasteiger partial charge is 0.0900 e. The maximum Gasteiger partial charge on any atom is 0.0900 e. The zero-order valence-corrected chi connectivity index (χ0v) is 13.3. The zero-order chi connectivity index (χ0) is 14.0. The Morgan fingerprint density at radius 1 is 1.47 bits per heavy atom. The fourth-order valence-electron chi connectivity index (χ4n) is 2.26. The van der Waals surface area contributed by atoms with E-state index in [0.717, 1.165) is 29.4 Å². The van der Waals surface area contributed by atoms with E-state index >= 15 is 0 Å². The Morgan fingerprint density at radius 3 is 2.74 bits per heavy atom. The highest BCUT2D eigenvalue weighted by Crippen LogP contribution is 2.33. The highest BCUT2D eigenvalue weighted by Gasteiger charge is 2.24. The molecule has 1 N–H and O–H groups in total. The Labute approximate surface area is 122 Å². The van der Waals surface area contributed by atoms with E-state index in [0.29, 0.717) is 5.02 Å². The molecule has 0 radical (unpaired) electrons. The monoisotopic (exact) mass is 298 g/mol. The van der Waals surface area contributed by atoms with Crippen molar-refractivity contribution in [1.82, 2.24) is 20.1 Å². The van der Waals surface area contributed by atoms with Gasteiger partial charge in [-0.2, -0.15) is 5.10 Å². The zero-order valence-electron chi connectivity index (χ0n) is 11.7. The molecule has 0 spiro atoms. The Morgan fingerprint density at radius 2 is 2.21 bits per heavy atom. The summed E-state index contributed by atoms with van der Waals surface area (Å²) in [5.74, 6) is 0. The molecule has 0 saturated heterocycles. The van der Waals surface area contributed by atoms with E-state index in [4.69, 9.17) is 11.6 Å². The minimum absolute atomic E-state index is 0.0488. The van der Waals surface area contributed by atoms with E-state index in [1.807, 2.05) is 25.6 Å². The molecule has 2 heterocycles. The number of aromatic nitrogens is 3. The minimum Gasteiger partial charge on any atom is -0.307 e. The molecule has 0 aliphatic carbocycles. The van der Waals surface area contributed by atoms with Crippen molar-refractivity contribution in [1.29, 1.82) is 0 Å². The van der Waals surface area contributed by atoms with E-state index in [1.165, 1.54) is 4.88 Å². The lowest BCUT2D eigenvalue weighted by atomic mass is 10.1. The van der Waals surface area contributed by atoms with Crippen LogP contribution in [0.25, 0.3) is 0 Å². The van der Waals surface area contributed by atoms with Crippen LogP contribution in [0.5, 0.6) is 0 Å². The molecule has 19 heavy (non-hydrogen) atoms. The van der Waals surface area contributed by atoms with Gasteiger partial charge in [-0.15, -0.1) is 11.3 Å². The predicted octanol–water partition coefficient (Wildman–Crippen LogP) is 3.33. The largest absolute Gasteiger partial charge is 0.307 e. The molecule has 0 aromatic carbocycles. The molecule has 4 nitrogen and oxygen atoms in total. The summed E-state index contributed by atoms with van der Waals surface area (Å²) < 4.78 is 1.98. The molecule has 0 fully saturated rings. The number of nitrogens with zero attached hydrogens (tertiary/aromatic N) is 3. The van der Waals surface area contributed by atoms with Crippen LogP contribution in [0, 0.1) is 13.8 Å². The molecule has 104 valence electrons. The van der Waals surface area contributed by atoms with Gasteiger partial charge in [-0.3, -0.25) is 4.68 Å². The molecular formula is C13H19ClN4S. The van der Waals surface area contributed by atoms with Crippen molar-refractivity contribution in [3.8, 4) is 0 Å². The van der Waals surface area contributed by atoms with Crippen molar-refractivity contribution in [3.63, 3.8) is 0 Å². The number of aryl methyl sites for hydroxylation is 3. The molecule has 6 heteroatoms. The summed E-state index contributed by atoms with van der Waals surface area (Å²) in [5.41, 5.74) is 2.08. The fraction of sp³-hybridized carbons (Fsp3) is 0.538. The van der Waals surface area contributed by atoms with Gasteiger partial charge in [0.25, 0.3) is 0 Å². The van der Waals surface area contributed by atoms with Gasteiger partial charge in [0.05, 0.1) is 38.5 Å². The van der Waals surface area contributed by atoms with Crippen molar-refractivity contribution >= 4 is 22.9 Å². The molecule has 2 aromatic heterocycles. The lowest BCUT2D eigenvalue weighted by molar-refractivity contribution is 0.536. The first-order valence-electron chi connectivity index (χ1n) is 6.40. The second-order valence-corrected chi connectivity index (χ2v) is 6.15. The second kappa shape index (κ2) is 6.03. The Hall–Kier alpha value is -0.910. The van der Waals surface area contributed by atoms with E-state index < -0.39 is 0 Å². The molecule has 0 bridgehead atoms. The first-order chi connectivity index (χ1) is 9.08. The van der Waals surface area contributed by atoms with Gasteiger partial charge in [0, 0.05) is 6.54 Å². The summed E-state index contributed by atoms with van der Waals surface area (Å²) in [6, 6.07) is 0.0488. The molecule has 0 aliphatic heterocycles. The lowest BCUT2D eigenvalue weighted by Gasteiger charge is -2.17. The van der Waals surface area contributed by atoms with Crippen LogP contribution >= 0.6 is 22.9 Å². The number of thiazole rings is 1. The van der Waals surface area contributed by atoms with Gasteiger partial charge < -0.3 is 5.32 Å². The highest BCUT2D eigenvalue weighted by molar-refractivity contribution is 7.11. The Balaban J connectivity index is 2.47. The van der Waals surface area contributed by atoms with Crippen molar-refractivity contribution in [3.05, 3.63) is 32.5 Å². The molecule has 2 rings (SSSR count). The minimum atomic E-state index is 0.0488. The SMILES string of the molecule is CCCn1ncc(Cl)c1C(NC)c1sc(C)nc1C. The van der Waals surface area contributed by atoms with Crippen molar-refractivity contribution < 1.29 is 0 Å². The molecule has 2 aromatic rings. The third kappa shape index (κ3) is 2.83. The number of nitrogens with one attached hydrogen (secondary N) is 1. The molecule has 0 aliphatic rings. The Bertz CT molecular complexity index is 561. The van der Waals surface area contributed by atoms with E-state index in [2.05, 4.69) is 22.3 Å². The van der Waals surface area contributed by atoms with Gasteiger partial charge in [-0.1, -0.05) is 18.5 Å². The summed E-state index contributed by atoms with van der Waals surface area (Å²) in [6.07, 6.45) is 2.75. The molecule has 1 unspecified atom stereocenters. The average Bonchev–Trinajstić information content (AvgIpc) is 2.87. The van der Waals surface area contributed by atoms with Crippen LogP contribution in [0.3, 0.4) is 0 Å². The summed E-state index contributed by atoms with van der Waals surface area (Å²) in [5, 5.41) is 9.49. The number of hydrogen-bond donors (Lipinski definition) is 1. The van der Waals surface area contributed by atoms with Gasteiger partial charge in [0.15, 0.2) is 0 Å². The summed E-state index contributed by atoms with van der Waals surface area (Å²) >= 11 is 8.03. The first kappa shape index (κ1) is 14.5. The van der Waals surface area contributed by atoms with Gasteiger partial charge in [-0.25, -0.2) is 4.98 Å². The van der Waals surface area contributed by atoms with Crippen LogP contribution in [0.15, 0.2) is 6.20 Å². The average molecular weight is 299 g/mol. The van der Waals surface area contributed by atoms with Crippen LogP contribution in [0.4, 0.5) is 0 Å². The molecular weight excluding hydrogens is 280 g/mol. The highest BCUT2D eigenvalue weighted by atomic mass is 35.5. The van der Waals surface area contributed by atoms with Gasteiger partial charge >= 0.3 is 0 Å². The van der Waals surface area contributed by atoms with Gasteiger partial charge in [0.1, 0.15) is 0 Å². The summed E-state index contributed by atoms with van der Waals surface area (Å²) in [4.78, 5) is 5.71.